The maximum absolute atomic E-state index is 11.9. The van der Waals surface area contributed by atoms with Gasteiger partial charge in [0, 0.05) is 10.3 Å². The number of ether oxygens (including phenoxy) is 2. The van der Waals surface area contributed by atoms with Gasteiger partial charge in [0.1, 0.15) is 11.4 Å². The van der Waals surface area contributed by atoms with Gasteiger partial charge < -0.3 is 14.1 Å². The molecule has 2 fully saturated rings. The van der Waals surface area contributed by atoms with Gasteiger partial charge in [0.15, 0.2) is 12.6 Å². The van der Waals surface area contributed by atoms with Crippen LogP contribution < -0.4 is 0 Å². The Morgan fingerprint density at radius 1 is 1.29 bits per heavy atom. The summed E-state index contributed by atoms with van der Waals surface area (Å²) in [5.74, 6) is 2.31. The average Bonchev–Trinajstić information content (AvgIpc) is 3.12. The Morgan fingerprint density at radius 2 is 2.06 bits per heavy atom. The summed E-state index contributed by atoms with van der Waals surface area (Å²) in [4.78, 5) is 14.1. The average molecular weight is 506 g/mol. The van der Waals surface area contributed by atoms with Crippen LogP contribution in [-0.4, -0.2) is 25.3 Å². The van der Waals surface area contributed by atoms with Gasteiger partial charge in [-0.1, -0.05) is 19.6 Å². The lowest BCUT2D eigenvalue weighted by Crippen LogP contribution is -2.45. The summed E-state index contributed by atoms with van der Waals surface area (Å²) in [6.07, 6.45) is 13.5. The smallest absolute Gasteiger partial charge is 0.385 e. The number of hydrogen-bond donors (Lipinski definition) is 0. The van der Waals surface area contributed by atoms with E-state index in [9.17, 15) is 9.36 Å². The Morgan fingerprint density at radius 3 is 2.74 bits per heavy atom. The molecule has 192 valence electrons. The highest BCUT2D eigenvalue weighted by atomic mass is 31.2. The van der Waals surface area contributed by atoms with Crippen LogP contribution in [0.5, 0.6) is 0 Å². The van der Waals surface area contributed by atoms with Crippen molar-refractivity contribution in [1.29, 1.82) is 0 Å². The lowest BCUT2D eigenvalue weighted by Gasteiger charge is -2.50. The summed E-state index contributed by atoms with van der Waals surface area (Å²) in [6.45, 7) is 10.7. The maximum atomic E-state index is 11.9. The lowest BCUT2D eigenvalue weighted by atomic mass is 9.55. The summed E-state index contributed by atoms with van der Waals surface area (Å²) in [5.41, 5.74) is 10.7. The number of carbonyl (C=O) groups is 1. The number of ketones is 1. The molecule has 3 aliphatic carbocycles. The Bertz CT molecular complexity index is 1010. The van der Waals surface area contributed by atoms with Gasteiger partial charge in [-0.25, -0.2) is 4.57 Å². The second-order valence-corrected chi connectivity index (χ2v) is 12.0. The number of hydrogen-bond acceptors (Lipinski definition) is 7. The largest absolute Gasteiger partial charge is 0.495 e. The molecule has 0 aromatic heterocycles. The summed E-state index contributed by atoms with van der Waals surface area (Å²) >= 11 is 0. The van der Waals surface area contributed by atoms with Gasteiger partial charge in [-0.05, 0) is 99.0 Å². The first kappa shape index (κ1) is 27.1. The number of carbonyl (C=O) groups excluding carboxylic acids is 1. The van der Waals surface area contributed by atoms with E-state index < -0.39 is 7.60 Å². The minimum Gasteiger partial charge on any atom is -0.495 e. The van der Waals surface area contributed by atoms with E-state index in [1.165, 1.54) is 18.5 Å². The zero-order valence-electron chi connectivity index (χ0n) is 21.0. The monoisotopic (exact) mass is 505 g/mol. The fraction of sp³-hybridized carbons (Fsp3) is 0.640. The molecule has 0 amide bonds. The van der Waals surface area contributed by atoms with Crippen molar-refractivity contribution >= 4 is 13.4 Å². The van der Waals surface area contributed by atoms with Crippen molar-refractivity contribution in [2.45, 2.75) is 65.4 Å². The maximum Gasteiger partial charge on any atom is 0.385 e. The molecule has 0 spiro atoms. The SMILES string of the molecule is C=C(C)O[C@H]1CCC2[C@@H]3CCC(/C=C/OCOP(C)(=O)ON=[N+]=[N-])=C(/C=C/C(C)=O)C3CC[C@@]21C. The van der Waals surface area contributed by atoms with Gasteiger partial charge in [-0.3, -0.25) is 9.32 Å². The van der Waals surface area contributed by atoms with Crippen LogP contribution in [-0.2, 0) is 28.0 Å². The summed E-state index contributed by atoms with van der Waals surface area (Å²) in [7, 11) is -3.52. The molecule has 3 aliphatic rings. The first-order valence-corrected chi connectivity index (χ1v) is 14.0. The number of allylic oxidation sites excluding steroid dienone is 6. The number of fused-ring (bicyclic) bond motifs is 3. The van der Waals surface area contributed by atoms with E-state index in [1.54, 1.807) is 13.0 Å². The number of nitrogens with zero attached hydrogens (tertiary/aromatic N) is 3. The Kier molecular flexibility index (Phi) is 8.92. The topological polar surface area (TPSA) is 120 Å². The Hall–Kier alpha value is -2.47. The van der Waals surface area contributed by atoms with Crippen molar-refractivity contribution < 1.29 is 28.0 Å². The van der Waals surface area contributed by atoms with E-state index in [2.05, 4.69) is 28.3 Å². The third-order valence-corrected chi connectivity index (χ3v) is 8.59. The highest BCUT2D eigenvalue weighted by Crippen LogP contribution is 2.61. The van der Waals surface area contributed by atoms with Gasteiger partial charge in [0.05, 0.1) is 18.7 Å². The van der Waals surface area contributed by atoms with Gasteiger partial charge in [0.2, 0.25) is 0 Å². The number of rotatable bonds is 11. The molecule has 0 aromatic carbocycles. The zero-order chi connectivity index (χ0) is 25.6. The van der Waals surface area contributed by atoms with Crippen molar-refractivity contribution in [3.8, 4) is 0 Å². The van der Waals surface area contributed by atoms with Crippen LogP contribution in [0.3, 0.4) is 0 Å². The molecule has 10 heteroatoms. The molecule has 0 aromatic rings. The highest BCUT2D eigenvalue weighted by Gasteiger charge is 2.55. The van der Waals surface area contributed by atoms with Crippen LogP contribution in [0, 0.1) is 23.2 Å². The number of azide groups is 1. The fourth-order valence-corrected chi connectivity index (χ4v) is 6.65. The van der Waals surface area contributed by atoms with Crippen LogP contribution >= 0.6 is 7.60 Å². The first-order chi connectivity index (χ1) is 16.6. The Balaban J connectivity index is 1.74. The van der Waals surface area contributed by atoms with Crippen molar-refractivity contribution in [2.75, 3.05) is 13.5 Å². The van der Waals surface area contributed by atoms with Crippen LogP contribution in [0.1, 0.15) is 59.3 Å². The molecule has 0 saturated heterocycles. The highest BCUT2D eigenvalue weighted by molar-refractivity contribution is 7.52. The second kappa shape index (κ2) is 11.5. The molecule has 3 rings (SSSR count). The van der Waals surface area contributed by atoms with Crippen LogP contribution in [0.2, 0.25) is 0 Å². The minimum atomic E-state index is -3.52. The predicted molar refractivity (Wildman–Crippen MR) is 133 cm³/mol. The summed E-state index contributed by atoms with van der Waals surface area (Å²) in [6, 6.07) is 0. The molecule has 0 heterocycles. The molecule has 0 radical (unpaired) electrons. The normalized spacial score (nSPS) is 31.9. The Labute approximate surface area is 207 Å². The fourth-order valence-electron chi connectivity index (χ4n) is 6.19. The van der Waals surface area contributed by atoms with Crippen molar-refractivity contribution in [1.82, 2.24) is 0 Å². The van der Waals surface area contributed by atoms with Crippen LogP contribution in [0.15, 0.2) is 53.3 Å². The van der Waals surface area contributed by atoms with Gasteiger partial charge in [0.25, 0.3) is 0 Å². The van der Waals surface area contributed by atoms with Gasteiger partial charge >= 0.3 is 7.60 Å². The minimum absolute atomic E-state index is 0.0164. The van der Waals surface area contributed by atoms with Crippen molar-refractivity contribution in [3.05, 3.63) is 58.4 Å². The quantitative estimate of drug-likeness (QED) is 0.0338. The van der Waals surface area contributed by atoms with E-state index >= 15 is 0 Å². The zero-order valence-corrected chi connectivity index (χ0v) is 21.9. The molecule has 6 atom stereocenters. The summed E-state index contributed by atoms with van der Waals surface area (Å²) < 4.78 is 32.9. The summed E-state index contributed by atoms with van der Waals surface area (Å²) in [5, 5.41) is 2.81. The van der Waals surface area contributed by atoms with E-state index in [4.69, 9.17) is 19.5 Å². The van der Waals surface area contributed by atoms with E-state index in [0.29, 0.717) is 17.8 Å². The molecule has 0 N–H and O–H groups in total. The molecular formula is C25H36N3O6P. The molecule has 2 saturated carbocycles. The van der Waals surface area contributed by atoms with Crippen molar-refractivity contribution in [2.24, 2.45) is 28.4 Å². The predicted octanol–water partition coefficient (Wildman–Crippen LogP) is 7.15. The third kappa shape index (κ3) is 6.60. The standard InChI is InChI=1S/C25H36N3O6P/c1-17(2)33-24-11-10-23-22-9-7-19(13-15-31-16-32-35(5,30)34-28-27-26)20(8-6-18(3)29)21(22)12-14-25(23,24)4/h6,8,13,15,21-24H,1,7,9-12,14,16H2,2-5H3/b8-6+,15-13+/t21?,22-,23?,24+,25+,35?/m1/s1. The second-order valence-electron chi connectivity index (χ2n) is 10.0. The molecule has 9 nitrogen and oxygen atoms in total. The van der Waals surface area contributed by atoms with E-state index in [1.807, 2.05) is 19.1 Å². The lowest BCUT2D eigenvalue weighted by molar-refractivity contribution is -0.112. The molecule has 0 aliphatic heterocycles. The molecule has 0 bridgehead atoms. The third-order valence-electron chi connectivity index (χ3n) is 7.65. The molecular weight excluding hydrogens is 469 g/mol. The van der Waals surface area contributed by atoms with E-state index in [-0.39, 0.29) is 24.1 Å². The van der Waals surface area contributed by atoms with Crippen LogP contribution in [0.25, 0.3) is 10.4 Å². The molecule has 3 unspecified atom stereocenters. The van der Waals surface area contributed by atoms with Crippen LogP contribution in [0.4, 0.5) is 0 Å². The van der Waals surface area contributed by atoms with Gasteiger partial charge in [-0.15, -0.1) is 0 Å². The molecule has 35 heavy (non-hydrogen) atoms. The van der Waals surface area contributed by atoms with Gasteiger partial charge in [-0.2, -0.15) is 0 Å². The van der Waals surface area contributed by atoms with E-state index in [0.717, 1.165) is 49.9 Å². The van der Waals surface area contributed by atoms with Crippen molar-refractivity contribution in [3.63, 3.8) is 0 Å². The first-order valence-electron chi connectivity index (χ1n) is 12.0.